The van der Waals surface area contributed by atoms with Crippen molar-refractivity contribution in [2.45, 2.75) is 108 Å². The number of amides is 1. The molecule has 0 bridgehead atoms. The first-order valence-electron chi connectivity index (χ1n) is 14.9. The number of carboxylic acids is 1. The number of carbonyl (C=O) groups is 2. The number of carbonyl (C=O) groups excluding carboxylic acids is 1. The van der Waals surface area contributed by atoms with E-state index in [1.165, 1.54) is 36.2 Å². The monoisotopic (exact) mass is 534 g/mol. The maximum Gasteiger partial charge on any atom is 0.408 e. The predicted molar refractivity (Wildman–Crippen MR) is 149 cm³/mol. The third kappa shape index (κ3) is 7.59. The number of nitrogens with zero attached hydrogens (tertiary/aromatic N) is 1. The molecule has 210 valence electrons. The van der Waals surface area contributed by atoms with E-state index in [1.54, 1.807) is 0 Å². The molecule has 3 atom stereocenters. The Labute approximate surface area is 231 Å². The fourth-order valence-electron chi connectivity index (χ4n) is 6.41. The summed E-state index contributed by atoms with van der Waals surface area (Å²) >= 11 is 0. The second-order valence-corrected chi connectivity index (χ2v) is 11.6. The average molecular weight is 535 g/mol. The number of aromatic nitrogens is 1. The van der Waals surface area contributed by atoms with E-state index in [9.17, 15) is 14.7 Å². The van der Waals surface area contributed by atoms with Gasteiger partial charge in [-0.15, -0.1) is 0 Å². The molecule has 3 aliphatic carbocycles. The van der Waals surface area contributed by atoms with Crippen molar-refractivity contribution in [2.24, 2.45) is 5.92 Å². The van der Waals surface area contributed by atoms with E-state index in [-0.39, 0.29) is 24.5 Å². The summed E-state index contributed by atoms with van der Waals surface area (Å²) in [5, 5.41) is 12.2. The number of alkyl carbamates (subject to hydrolysis) is 1. The Morgan fingerprint density at radius 3 is 2.62 bits per heavy atom. The smallest absolute Gasteiger partial charge is 0.408 e. The van der Waals surface area contributed by atoms with Crippen LogP contribution in [0.1, 0.15) is 92.6 Å². The van der Waals surface area contributed by atoms with Gasteiger partial charge in [0.15, 0.2) is 0 Å². The molecule has 2 fully saturated rings. The molecule has 7 nitrogen and oxygen atoms in total. The van der Waals surface area contributed by atoms with Gasteiger partial charge in [-0.3, -0.25) is 4.98 Å². The zero-order valence-electron chi connectivity index (χ0n) is 22.9. The fourth-order valence-corrected chi connectivity index (χ4v) is 6.41. The molecule has 0 spiro atoms. The first-order valence-corrected chi connectivity index (χ1v) is 14.9. The Hall–Kier alpha value is -2.93. The van der Waals surface area contributed by atoms with Gasteiger partial charge in [-0.1, -0.05) is 42.8 Å². The molecule has 39 heavy (non-hydrogen) atoms. The molecule has 5 rings (SSSR count). The summed E-state index contributed by atoms with van der Waals surface area (Å²) < 4.78 is 11.7. The van der Waals surface area contributed by atoms with Gasteiger partial charge in [0.1, 0.15) is 12.1 Å². The largest absolute Gasteiger partial charge is 0.480 e. The fraction of sp³-hybridized carbons (Fsp3) is 0.594. The van der Waals surface area contributed by atoms with Crippen LogP contribution >= 0.6 is 0 Å². The van der Waals surface area contributed by atoms with Gasteiger partial charge in [0.05, 0.1) is 6.10 Å². The number of ether oxygens (including phenoxy) is 2. The van der Waals surface area contributed by atoms with Gasteiger partial charge in [-0.05, 0) is 93.7 Å². The average Bonchev–Trinajstić information content (AvgIpc) is 2.93. The highest BCUT2D eigenvalue weighted by Gasteiger charge is 2.32. The molecule has 1 amide bonds. The molecular weight excluding hydrogens is 492 g/mol. The minimum absolute atomic E-state index is 0.145. The zero-order valence-corrected chi connectivity index (χ0v) is 22.9. The minimum Gasteiger partial charge on any atom is -0.480 e. The topological polar surface area (TPSA) is 97.8 Å². The van der Waals surface area contributed by atoms with Crippen LogP contribution in [0.3, 0.4) is 0 Å². The van der Waals surface area contributed by atoms with Gasteiger partial charge in [-0.25, -0.2) is 9.59 Å². The highest BCUT2D eigenvalue weighted by atomic mass is 16.6. The zero-order chi connectivity index (χ0) is 27.0. The number of aryl methyl sites for hydroxylation is 3. The van der Waals surface area contributed by atoms with Gasteiger partial charge in [0.25, 0.3) is 0 Å². The van der Waals surface area contributed by atoms with E-state index >= 15 is 0 Å². The highest BCUT2D eigenvalue weighted by molar-refractivity contribution is 5.79. The normalized spacial score (nSPS) is 25.1. The van der Waals surface area contributed by atoms with Crippen LogP contribution in [0.5, 0.6) is 0 Å². The summed E-state index contributed by atoms with van der Waals surface area (Å²) in [6, 6.07) is 13.5. The van der Waals surface area contributed by atoms with Crippen LogP contribution in [0.4, 0.5) is 4.79 Å². The molecule has 0 aliphatic heterocycles. The van der Waals surface area contributed by atoms with Crippen molar-refractivity contribution in [3.8, 4) is 0 Å². The summed E-state index contributed by atoms with van der Waals surface area (Å²) in [6.07, 6.45) is 12.3. The van der Waals surface area contributed by atoms with Crippen molar-refractivity contribution in [1.29, 1.82) is 0 Å². The maximum atomic E-state index is 12.6. The van der Waals surface area contributed by atoms with Crippen LogP contribution in [0.15, 0.2) is 42.5 Å². The molecule has 1 aromatic carbocycles. The van der Waals surface area contributed by atoms with Gasteiger partial charge in [-0.2, -0.15) is 0 Å². The second-order valence-electron chi connectivity index (χ2n) is 11.6. The molecule has 0 saturated heterocycles. The maximum absolute atomic E-state index is 12.6. The summed E-state index contributed by atoms with van der Waals surface area (Å²) in [6.45, 7) is 0.303. The Balaban J connectivity index is 1.00. The number of benzene rings is 1. The minimum atomic E-state index is -1.07. The molecule has 7 heteroatoms. The number of aliphatic carboxylic acids is 1. The third-order valence-electron chi connectivity index (χ3n) is 8.78. The van der Waals surface area contributed by atoms with E-state index in [2.05, 4.69) is 29.6 Å². The molecule has 1 heterocycles. The molecule has 2 aromatic rings. The second kappa shape index (κ2) is 13.4. The van der Waals surface area contributed by atoms with Crippen LogP contribution in [-0.2, 0) is 33.5 Å². The Kier molecular flexibility index (Phi) is 9.51. The van der Waals surface area contributed by atoms with Gasteiger partial charge >= 0.3 is 12.1 Å². The number of hydrogen-bond donors (Lipinski definition) is 2. The number of nitrogens with one attached hydrogen (secondary N) is 1. The molecule has 2 saturated carbocycles. The van der Waals surface area contributed by atoms with Crippen molar-refractivity contribution in [3.63, 3.8) is 0 Å². The Morgan fingerprint density at radius 1 is 1.00 bits per heavy atom. The lowest BCUT2D eigenvalue weighted by molar-refractivity contribution is -0.140. The number of pyridine rings is 1. The van der Waals surface area contributed by atoms with Crippen molar-refractivity contribution in [2.75, 3.05) is 6.61 Å². The van der Waals surface area contributed by atoms with Crippen molar-refractivity contribution < 1.29 is 24.2 Å². The summed E-state index contributed by atoms with van der Waals surface area (Å²) in [5.74, 6) is -0.293. The number of hydrogen-bond acceptors (Lipinski definition) is 5. The lowest BCUT2D eigenvalue weighted by Gasteiger charge is -2.35. The van der Waals surface area contributed by atoms with E-state index in [4.69, 9.17) is 14.5 Å². The summed E-state index contributed by atoms with van der Waals surface area (Å²) in [4.78, 5) is 29.3. The number of fused-ring (bicyclic) bond motifs is 1. The SMILES string of the molecule is O=C(NC(CCOC1CC(CCc2ccc3c(n2)CCCC3)C1)C(=O)O)O[C@H]1CCCC[C@@H]1c1ccccc1. The Morgan fingerprint density at radius 2 is 1.79 bits per heavy atom. The number of rotatable bonds is 11. The van der Waals surface area contributed by atoms with Crippen LogP contribution < -0.4 is 5.32 Å². The van der Waals surface area contributed by atoms with Gasteiger partial charge in [0.2, 0.25) is 0 Å². The standard InChI is InChI=1S/C32H42N2O5/c35-31(36)29(34-32(37)39-30-13-7-5-11-27(30)23-8-2-1-3-9-23)18-19-38-26-20-22(21-26)14-16-25-17-15-24-10-4-6-12-28(24)33-25/h1-3,8-9,15,17,22,26-27,29-30H,4-7,10-14,16,18-21H2,(H,34,37)(H,35,36)/t22?,26?,27-,29?,30+/m1/s1. The molecule has 2 N–H and O–H groups in total. The lowest BCUT2D eigenvalue weighted by Crippen LogP contribution is -2.44. The highest BCUT2D eigenvalue weighted by Crippen LogP contribution is 2.35. The molecule has 0 radical (unpaired) electrons. The predicted octanol–water partition coefficient (Wildman–Crippen LogP) is 5.98. The van der Waals surface area contributed by atoms with Gasteiger partial charge < -0.3 is 19.9 Å². The van der Waals surface area contributed by atoms with Crippen molar-refractivity contribution >= 4 is 12.1 Å². The van der Waals surface area contributed by atoms with E-state index in [1.807, 2.05) is 18.2 Å². The number of carboxylic acid groups (broad SMARTS) is 1. The summed E-state index contributed by atoms with van der Waals surface area (Å²) in [5.41, 5.74) is 5.09. The van der Waals surface area contributed by atoms with E-state index in [0.717, 1.165) is 63.4 Å². The molecule has 1 aromatic heterocycles. The van der Waals surface area contributed by atoms with Crippen LogP contribution in [0.25, 0.3) is 0 Å². The van der Waals surface area contributed by atoms with Crippen LogP contribution in [-0.4, -0.2) is 47.0 Å². The first-order chi connectivity index (χ1) is 19.0. The van der Waals surface area contributed by atoms with E-state index in [0.29, 0.717) is 12.5 Å². The molecular formula is C32H42N2O5. The lowest BCUT2D eigenvalue weighted by atomic mass is 9.79. The third-order valence-corrected chi connectivity index (χ3v) is 8.78. The van der Waals surface area contributed by atoms with Crippen molar-refractivity contribution in [1.82, 2.24) is 10.3 Å². The summed E-state index contributed by atoms with van der Waals surface area (Å²) in [7, 11) is 0. The quantitative estimate of drug-likeness (QED) is 0.368. The van der Waals surface area contributed by atoms with Gasteiger partial charge in [0, 0.05) is 30.3 Å². The van der Waals surface area contributed by atoms with E-state index < -0.39 is 18.1 Å². The molecule has 1 unspecified atom stereocenters. The molecule has 3 aliphatic rings. The Bertz CT molecular complexity index is 1100. The first kappa shape index (κ1) is 27.6. The van der Waals surface area contributed by atoms with Crippen LogP contribution in [0.2, 0.25) is 0 Å². The van der Waals surface area contributed by atoms with Crippen LogP contribution in [0, 0.1) is 5.92 Å². The van der Waals surface area contributed by atoms with Crippen molar-refractivity contribution in [3.05, 3.63) is 65.0 Å².